The summed E-state index contributed by atoms with van der Waals surface area (Å²) in [5, 5.41) is 0.122. The molecule has 2 aliphatic rings. The van der Waals surface area contributed by atoms with Crippen LogP contribution in [0.3, 0.4) is 0 Å². The third-order valence-corrected chi connectivity index (χ3v) is 7.07. The standard InChI is InChI=1S/C19H19BrN4O4S2/c1-21-14(25)12(15(26)22(2)18(21)29)11(9-6-5-7-10(20)8-9)13-16(27)23(3)19(30)24(4)17(13)28/h5-8,11-13H,1-4H3. The van der Waals surface area contributed by atoms with Crippen LogP contribution >= 0.6 is 40.4 Å². The molecular formula is C19H19BrN4O4S2. The van der Waals surface area contributed by atoms with Crippen LogP contribution in [0.2, 0.25) is 0 Å². The maximum atomic E-state index is 13.2. The molecule has 3 rings (SSSR count). The SMILES string of the molecule is CN1C(=O)C(C(c2cccc(Br)c2)C2C(=O)N(C)C(=S)N(C)C2=O)C(=O)N(C)C1=S. The summed E-state index contributed by atoms with van der Waals surface area (Å²) in [6.07, 6.45) is 0. The number of benzene rings is 1. The van der Waals surface area contributed by atoms with E-state index in [4.69, 9.17) is 24.4 Å². The van der Waals surface area contributed by atoms with Crippen LogP contribution in [0.4, 0.5) is 0 Å². The van der Waals surface area contributed by atoms with Gasteiger partial charge in [0.15, 0.2) is 10.2 Å². The van der Waals surface area contributed by atoms with Gasteiger partial charge in [0.2, 0.25) is 23.6 Å². The molecule has 1 aromatic carbocycles. The number of carbonyl (C=O) groups excluding carboxylic acids is 4. The molecule has 2 heterocycles. The zero-order valence-corrected chi connectivity index (χ0v) is 19.9. The van der Waals surface area contributed by atoms with Crippen LogP contribution in [0.15, 0.2) is 28.7 Å². The molecule has 0 saturated carbocycles. The molecule has 2 saturated heterocycles. The molecule has 0 aliphatic carbocycles. The van der Waals surface area contributed by atoms with Crippen molar-refractivity contribution in [1.29, 1.82) is 0 Å². The molecule has 0 unspecified atom stereocenters. The fourth-order valence-electron chi connectivity index (χ4n) is 3.78. The van der Waals surface area contributed by atoms with E-state index in [9.17, 15) is 19.2 Å². The van der Waals surface area contributed by atoms with Crippen molar-refractivity contribution >= 4 is 74.2 Å². The summed E-state index contributed by atoms with van der Waals surface area (Å²) in [6, 6.07) is 6.89. The quantitative estimate of drug-likeness (QED) is 0.448. The number of thiocarbonyl (C=S) groups is 2. The Morgan fingerprint density at radius 2 is 1.13 bits per heavy atom. The topological polar surface area (TPSA) is 81.2 Å². The third-order valence-electron chi connectivity index (χ3n) is 5.49. The number of nitrogens with zero attached hydrogens (tertiary/aromatic N) is 4. The first kappa shape index (κ1) is 22.4. The Balaban J connectivity index is 2.22. The number of amides is 4. The van der Waals surface area contributed by atoms with E-state index in [0.717, 1.165) is 0 Å². The molecule has 0 atom stereocenters. The van der Waals surface area contributed by atoms with E-state index in [-0.39, 0.29) is 10.2 Å². The van der Waals surface area contributed by atoms with Gasteiger partial charge in [-0.2, -0.15) is 0 Å². The summed E-state index contributed by atoms with van der Waals surface area (Å²) in [5.74, 6) is -5.89. The smallest absolute Gasteiger partial charge is 0.241 e. The lowest BCUT2D eigenvalue weighted by atomic mass is 9.73. The van der Waals surface area contributed by atoms with Crippen LogP contribution in [-0.2, 0) is 19.2 Å². The highest BCUT2D eigenvalue weighted by molar-refractivity contribution is 9.10. The second-order valence-electron chi connectivity index (χ2n) is 7.19. The first-order valence-electron chi connectivity index (χ1n) is 8.92. The summed E-state index contributed by atoms with van der Waals surface area (Å²) in [7, 11) is 5.87. The molecule has 0 radical (unpaired) electrons. The molecule has 30 heavy (non-hydrogen) atoms. The molecule has 4 amide bonds. The van der Waals surface area contributed by atoms with Gasteiger partial charge in [-0.25, -0.2) is 0 Å². The zero-order chi connectivity index (χ0) is 22.5. The van der Waals surface area contributed by atoms with E-state index in [1.807, 2.05) is 0 Å². The van der Waals surface area contributed by atoms with Crippen LogP contribution in [0.5, 0.6) is 0 Å². The van der Waals surface area contributed by atoms with E-state index in [1.54, 1.807) is 24.3 Å². The molecular weight excluding hydrogens is 492 g/mol. The minimum Gasteiger partial charge on any atom is -0.291 e. The first-order chi connectivity index (χ1) is 14.0. The summed E-state index contributed by atoms with van der Waals surface area (Å²) in [4.78, 5) is 57.5. The average Bonchev–Trinajstić information content (AvgIpc) is 2.72. The number of rotatable bonds is 3. The van der Waals surface area contributed by atoms with Gasteiger partial charge in [0, 0.05) is 38.6 Å². The summed E-state index contributed by atoms with van der Waals surface area (Å²) in [5.41, 5.74) is 0.506. The van der Waals surface area contributed by atoms with Gasteiger partial charge < -0.3 is 0 Å². The predicted octanol–water partition coefficient (Wildman–Crippen LogP) is 1.20. The normalized spacial score (nSPS) is 19.7. The minimum absolute atomic E-state index is 0.0611. The summed E-state index contributed by atoms with van der Waals surface area (Å²) < 4.78 is 0.686. The highest BCUT2D eigenvalue weighted by atomic mass is 79.9. The maximum absolute atomic E-state index is 13.2. The van der Waals surface area contributed by atoms with Crippen LogP contribution in [-0.4, -0.2) is 81.6 Å². The van der Waals surface area contributed by atoms with Gasteiger partial charge in [-0.05, 0) is 42.1 Å². The van der Waals surface area contributed by atoms with Crippen molar-refractivity contribution < 1.29 is 19.2 Å². The van der Waals surface area contributed by atoms with Gasteiger partial charge in [0.25, 0.3) is 0 Å². The first-order valence-corrected chi connectivity index (χ1v) is 10.5. The maximum Gasteiger partial charge on any atom is 0.241 e. The lowest BCUT2D eigenvalue weighted by molar-refractivity contribution is -0.152. The van der Waals surface area contributed by atoms with Crippen LogP contribution in [0.25, 0.3) is 0 Å². The van der Waals surface area contributed by atoms with Crippen molar-refractivity contribution in [2.24, 2.45) is 11.8 Å². The van der Waals surface area contributed by atoms with Crippen molar-refractivity contribution in [2.45, 2.75) is 5.92 Å². The summed E-state index contributed by atoms with van der Waals surface area (Å²) in [6.45, 7) is 0. The average molecular weight is 511 g/mol. The Morgan fingerprint density at radius 1 is 0.767 bits per heavy atom. The number of halogens is 1. The van der Waals surface area contributed by atoms with E-state index >= 15 is 0 Å². The molecule has 0 N–H and O–H groups in total. The Morgan fingerprint density at radius 3 is 1.47 bits per heavy atom. The van der Waals surface area contributed by atoms with Crippen LogP contribution in [0.1, 0.15) is 11.5 Å². The van der Waals surface area contributed by atoms with Crippen LogP contribution in [0, 0.1) is 11.8 Å². The fraction of sp³-hybridized carbons (Fsp3) is 0.368. The van der Waals surface area contributed by atoms with Gasteiger partial charge in [0.1, 0.15) is 11.8 Å². The Labute approximate surface area is 192 Å². The largest absolute Gasteiger partial charge is 0.291 e. The van der Waals surface area contributed by atoms with Gasteiger partial charge in [0.05, 0.1) is 0 Å². The second-order valence-corrected chi connectivity index (χ2v) is 8.84. The molecule has 1 aromatic rings. The Bertz CT molecular complexity index is 897. The Hall–Kier alpha value is -2.24. The van der Waals surface area contributed by atoms with E-state index < -0.39 is 41.4 Å². The molecule has 8 nitrogen and oxygen atoms in total. The highest BCUT2D eigenvalue weighted by Crippen LogP contribution is 2.40. The lowest BCUT2D eigenvalue weighted by Crippen LogP contribution is -2.63. The monoisotopic (exact) mass is 510 g/mol. The Kier molecular flexibility index (Phi) is 6.08. The van der Waals surface area contributed by atoms with Crippen molar-refractivity contribution in [3.05, 3.63) is 34.3 Å². The lowest BCUT2D eigenvalue weighted by Gasteiger charge is -2.43. The van der Waals surface area contributed by atoms with Crippen LogP contribution < -0.4 is 0 Å². The highest BCUT2D eigenvalue weighted by Gasteiger charge is 2.54. The predicted molar refractivity (Wildman–Crippen MR) is 120 cm³/mol. The molecule has 158 valence electrons. The molecule has 11 heteroatoms. The molecule has 2 aliphatic heterocycles. The zero-order valence-electron chi connectivity index (χ0n) is 16.7. The minimum atomic E-state index is -1.30. The van der Waals surface area contributed by atoms with E-state index in [2.05, 4.69) is 15.9 Å². The van der Waals surface area contributed by atoms with Crippen molar-refractivity contribution in [3.8, 4) is 0 Å². The van der Waals surface area contributed by atoms with Crippen molar-refractivity contribution in [3.63, 3.8) is 0 Å². The summed E-state index contributed by atoms with van der Waals surface area (Å²) >= 11 is 13.7. The number of hydrogen-bond donors (Lipinski definition) is 0. The molecule has 0 bridgehead atoms. The third kappa shape index (κ3) is 3.44. The van der Waals surface area contributed by atoms with Gasteiger partial charge in [-0.1, -0.05) is 28.1 Å². The van der Waals surface area contributed by atoms with Gasteiger partial charge in [-0.15, -0.1) is 0 Å². The number of carbonyl (C=O) groups is 4. The second kappa shape index (κ2) is 8.12. The molecule has 0 aromatic heterocycles. The van der Waals surface area contributed by atoms with E-state index in [0.29, 0.717) is 10.0 Å². The van der Waals surface area contributed by atoms with Crippen molar-refractivity contribution in [2.75, 3.05) is 28.2 Å². The molecule has 0 spiro atoms. The van der Waals surface area contributed by atoms with Gasteiger partial charge >= 0.3 is 0 Å². The van der Waals surface area contributed by atoms with E-state index in [1.165, 1.54) is 47.8 Å². The fourth-order valence-corrected chi connectivity index (χ4v) is 4.56. The van der Waals surface area contributed by atoms with Gasteiger partial charge in [-0.3, -0.25) is 38.8 Å². The molecule has 2 fully saturated rings. The van der Waals surface area contributed by atoms with Crippen molar-refractivity contribution in [1.82, 2.24) is 19.6 Å². The number of hydrogen-bond acceptors (Lipinski definition) is 6.